The predicted octanol–water partition coefficient (Wildman–Crippen LogP) is 3.57. The van der Waals surface area contributed by atoms with Crippen LogP contribution >= 0.6 is 23.2 Å². The highest BCUT2D eigenvalue weighted by molar-refractivity contribution is 7.92. The molecule has 0 aliphatic carbocycles. The molecule has 0 saturated heterocycles. The molecule has 0 aliphatic rings. The Hall–Kier alpha value is -2.29. The molecule has 1 N–H and O–H groups in total. The first-order valence-corrected chi connectivity index (χ1v) is 10.7. The minimum atomic E-state index is -3.79. The Morgan fingerprint density at radius 1 is 1.11 bits per heavy atom. The molecule has 2 aromatic rings. The summed E-state index contributed by atoms with van der Waals surface area (Å²) in [5, 5.41) is 2.95. The van der Waals surface area contributed by atoms with Gasteiger partial charge in [-0.2, -0.15) is 0 Å². The van der Waals surface area contributed by atoms with E-state index in [0.717, 1.165) is 10.6 Å². The lowest BCUT2D eigenvalue weighted by molar-refractivity contribution is -0.114. The number of benzene rings is 2. The lowest BCUT2D eigenvalue weighted by Crippen LogP contribution is -2.37. The van der Waals surface area contributed by atoms with Crippen LogP contribution in [0.25, 0.3) is 0 Å². The van der Waals surface area contributed by atoms with Crippen LogP contribution in [0.5, 0.6) is 0 Å². The zero-order valence-electron chi connectivity index (χ0n) is 15.1. The first-order valence-electron chi connectivity index (χ1n) is 8.12. The Kier molecular flexibility index (Phi) is 7.29. The molecule has 0 radical (unpaired) electrons. The second kappa shape index (κ2) is 9.27. The molecule has 0 unspecified atom stereocenters. The molecular formula is C18H18Cl2N2O5S. The van der Waals surface area contributed by atoms with Gasteiger partial charge in [0.15, 0.2) is 0 Å². The molecule has 0 saturated carbocycles. The Bertz CT molecular complexity index is 995. The summed E-state index contributed by atoms with van der Waals surface area (Å²) in [5.74, 6) is -1.24. The zero-order chi connectivity index (χ0) is 20.9. The van der Waals surface area contributed by atoms with Crippen LogP contribution in [-0.4, -0.2) is 39.7 Å². The highest BCUT2D eigenvalue weighted by atomic mass is 35.5. The first kappa shape index (κ1) is 22.0. The fraction of sp³-hybridized carbons (Fsp3) is 0.222. The third kappa shape index (κ3) is 5.60. The Labute approximate surface area is 173 Å². The van der Waals surface area contributed by atoms with E-state index in [2.05, 4.69) is 5.32 Å². The van der Waals surface area contributed by atoms with Gasteiger partial charge in [0.1, 0.15) is 6.54 Å². The van der Waals surface area contributed by atoms with Crippen molar-refractivity contribution in [3.8, 4) is 0 Å². The van der Waals surface area contributed by atoms with Gasteiger partial charge in [0.25, 0.3) is 0 Å². The number of carbonyl (C=O) groups is 2. The number of nitrogens with zero attached hydrogens (tertiary/aromatic N) is 1. The van der Waals surface area contributed by atoms with Crippen LogP contribution in [-0.2, 0) is 19.6 Å². The summed E-state index contributed by atoms with van der Waals surface area (Å²) in [6.45, 7) is 1.33. The van der Waals surface area contributed by atoms with Crippen molar-refractivity contribution in [3.05, 3.63) is 58.1 Å². The summed E-state index contributed by atoms with van der Waals surface area (Å²) in [4.78, 5) is 24.5. The molecule has 150 valence electrons. The second-order valence-corrected chi connectivity index (χ2v) is 8.40. The van der Waals surface area contributed by atoms with Crippen LogP contribution < -0.4 is 9.62 Å². The van der Waals surface area contributed by atoms with Gasteiger partial charge in [-0.15, -0.1) is 0 Å². The normalized spacial score (nSPS) is 11.0. The smallest absolute Gasteiger partial charge is 0.340 e. The van der Waals surface area contributed by atoms with Crippen molar-refractivity contribution in [1.82, 2.24) is 0 Å². The number of para-hydroxylation sites is 1. The summed E-state index contributed by atoms with van der Waals surface area (Å²) in [5.41, 5.74) is 0.567. The van der Waals surface area contributed by atoms with E-state index in [1.165, 1.54) is 30.3 Å². The third-order valence-corrected chi connectivity index (χ3v) is 5.45. The van der Waals surface area contributed by atoms with Crippen molar-refractivity contribution in [2.45, 2.75) is 6.92 Å². The average Bonchev–Trinajstić information content (AvgIpc) is 2.62. The quantitative estimate of drug-likeness (QED) is 0.658. The van der Waals surface area contributed by atoms with Crippen LogP contribution in [0.4, 0.5) is 11.4 Å². The molecule has 1 amide bonds. The summed E-state index contributed by atoms with van der Waals surface area (Å²) < 4.78 is 30.2. The number of amides is 1. The van der Waals surface area contributed by atoms with Crippen molar-refractivity contribution in [2.24, 2.45) is 0 Å². The Balaban J connectivity index is 2.26. The number of esters is 1. The van der Waals surface area contributed by atoms with Crippen LogP contribution in [0.2, 0.25) is 10.0 Å². The van der Waals surface area contributed by atoms with Crippen LogP contribution in [0.1, 0.15) is 17.3 Å². The number of carbonyl (C=O) groups excluding carboxylic acids is 2. The van der Waals surface area contributed by atoms with Crippen molar-refractivity contribution in [3.63, 3.8) is 0 Å². The molecule has 0 aliphatic heterocycles. The number of nitrogens with one attached hydrogen (secondary N) is 1. The molecule has 10 heteroatoms. The van der Waals surface area contributed by atoms with E-state index in [9.17, 15) is 18.0 Å². The molecule has 0 aromatic heterocycles. The van der Waals surface area contributed by atoms with Gasteiger partial charge in [0.2, 0.25) is 15.9 Å². The number of anilines is 2. The van der Waals surface area contributed by atoms with E-state index in [-0.39, 0.29) is 33.6 Å². The van der Waals surface area contributed by atoms with Gasteiger partial charge in [-0.05, 0) is 37.3 Å². The van der Waals surface area contributed by atoms with Crippen molar-refractivity contribution < 1.29 is 22.7 Å². The third-order valence-electron chi connectivity index (χ3n) is 3.58. The lowest BCUT2D eigenvalue weighted by Gasteiger charge is -2.22. The molecule has 28 heavy (non-hydrogen) atoms. The number of halogens is 2. The summed E-state index contributed by atoms with van der Waals surface area (Å²) in [6.07, 6.45) is 0.968. The van der Waals surface area contributed by atoms with Gasteiger partial charge in [0.05, 0.1) is 39.8 Å². The molecule has 0 bridgehead atoms. The molecule has 7 nitrogen and oxygen atoms in total. The van der Waals surface area contributed by atoms with Gasteiger partial charge in [-0.1, -0.05) is 35.3 Å². The highest BCUT2D eigenvalue weighted by Gasteiger charge is 2.23. The van der Waals surface area contributed by atoms with Crippen LogP contribution in [0.15, 0.2) is 42.5 Å². The Morgan fingerprint density at radius 3 is 2.39 bits per heavy atom. The molecule has 2 rings (SSSR count). The first-order chi connectivity index (χ1) is 13.1. The van der Waals surface area contributed by atoms with Crippen molar-refractivity contribution in [1.29, 1.82) is 0 Å². The van der Waals surface area contributed by atoms with Crippen LogP contribution in [0, 0.1) is 0 Å². The standard InChI is InChI=1S/C18H18Cl2N2O5S/c1-3-27-18(24)13-6-4-5-7-16(13)21-17(23)11-22(28(2,25)26)12-8-9-14(19)15(20)10-12/h4-10H,3,11H2,1-2H3,(H,21,23). The van der Waals surface area contributed by atoms with Crippen LogP contribution in [0.3, 0.4) is 0 Å². The molecule has 0 heterocycles. The fourth-order valence-corrected chi connectivity index (χ4v) is 3.48. The molecule has 0 fully saturated rings. The van der Waals surface area contributed by atoms with Gasteiger partial charge >= 0.3 is 5.97 Å². The maximum atomic E-state index is 12.5. The summed E-state index contributed by atoms with van der Waals surface area (Å²) >= 11 is 11.8. The van der Waals surface area contributed by atoms with E-state index in [0.29, 0.717) is 0 Å². The van der Waals surface area contributed by atoms with E-state index < -0.39 is 28.4 Å². The monoisotopic (exact) mass is 444 g/mol. The maximum Gasteiger partial charge on any atom is 0.340 e. The largest absolute Gasteiger partial charge is 0.462 e. The number of hydrogen-bond acceptors (Lipinski definition) is 5. The summed E-state index contributed by atoms with van der Waals surface area (Å²) in [7, 11) is -3.79. The second-order valence-electron chi connectivity index (χ2n) is 5.68. The minimum absolute atomic E-state index is 0.154. The number of ether oxygens (including phenoxy) is 1. The van der Waals surface area contributed by atoms with E-state index in [1.54, 1.807) is 19.1 Å². The summed E-state index contributed by atoms with van der Waals surface area (Å²) in [6, 6.07) is 10.5. The molecule has 0 atom stereocenters. The highest BCUT2D eigenvalue weighted by Crippen LogP contribution is 2.28. The SMILES string of the molecule is CCOC(=O)c1ccccc1NC(=O)CN(c1ccc(Cl)c(Cl)c1)S(C)(=O)=O. The Morgan fingerprint density at radius 2 is 1.79 bits per heavy atom. The molecule has 2 aromatic carbocycles. The zero-order valence-corrected chi connectivity index (χ0v) is 17.4. The average molecular weight is 445 g/mol. The van der Waals surface area contributed by atoms with Crippen molar-refractivity contribution in [2.75, 3.05) is 29.0 Å². The van der Waals surface area contributed by atoms with Gasteiger partial charge in [0, 0.05) is 0 Å². The van der Waals surface area contributed by atoms with Gasteiger partial charge < -0.3 is 10.1 Å². The fourth-order valence-electron chi connectivity index (χ4n) is 2.34. The van der Waals surface area contributed by atoms with E-state index >= 15 is 0 Å². The number of hydrogen-bond donors (Lipinski definition) is 1. The molecule has 0 spiro atoms. The lowest BCUT2D eigenvalue weighted by atomic mass is 10.2. The number of sulfonamides is 1. The predicted molar refractivity (Wildman–Crippen MR) is 110 cm³/mol. The number of rotatable bonds is 7. The maximum absolute atomic E-state index is 12.5. The van der Waals surface area contributed by atoms with Gasteiger partial charge in [-0.3, -0.25) is 9.10 Å². The topological polar surface area (TPSA) is 92.8 Å². The van der Waals surface area contributed by atoms with E-state index in [4.69, 9.17) is 27.9 Å². The minimum Gasteiger partial charge on any atom is -0.462 e. The van der Waals surface area contributed by atoms with Crippen molar-refractivity contribution >= 4 is 56.5 Å². The van der Waals surface area contributed by atoms with Gasteiger partial charge in [-0.25, -0.2) is 13.2 Å². The van der Waals surface area contributed by atoms with E-state index in [1.807, 2.05) is 0 Å². The molecular weight excluding hydrogens is 427 g/mol.